The van der Waals surface area contributed by atoms with Crippen LogP contribution in [-0.4, -0.2) is 69.9 Å². The molecule has 1 amide bonds. The molecule has 1 aliphatic heterocycles. The van der Waals surface area contributed by atoms with Gasteiger partial charge >= 0.3 is 0 Å². The van der Waals surface area contributed by atoms with E-state index >= 15 is 0 Å². The molecule has 1 fully saturated rings. The van der Waals surface area contributed by atoms with E-state index in [1.807, 2.05) is 26.0 Å². The number of aromatic nitrogens is 4. The van der Waals surface area contributed by atoms with Gasteiger partial charge in [-0.05, 0) is 37.1 Å². The number of nitrogens with one attached hydrogen (secondary N) is 1. The summed E-state index contributed by atoms with van der Waals surface area (Å²) in [5, 5.41) is 7.46. The minimum Gasteiger partial charge on any atom is -0.463 e. The van der Waals surface area contributed by atoms with E-state index in [1.54, 1.807) is 29.4 Å². The van der Waals surface area contributed by atoms with Crippen LogP contribution < -0.4 is 5.32 Å². The van der Waals surface area contributed by atoms with Gasteiger partial charge in [0.2, 0.25) is 0 Å². The Balaban J connectivity index is 1.46. The molecule has 0 atom stereocenters. The highest BCUT2D eigenvalue weighted by molar-refractivity contribution is 5.95. The number of carbonyl (C=O) groups excluding carboxylic acids is 1. The van der Waals surface area contributed by atoms with Crippen molar-refractivity contribution in [1.82, 2.24) is 30.0 Å². The Kier molecular flexibility index (Phi) is 6.73. The zero-order chi connectivity index (χ0) is 21.6. The summed E-state index contributed by atoms with van der Waals surface area (Å²) < 4.78 is 12.4. The van der Waals surface area contributed by atoms with Gasteiger partial charge in [0, 0.05) is 25.8 Å². The zero-order valence-corrected chi connectivity index (χ0v) is 18.0. The smallest absolute Gasteiger partial charge is 0.254 e. The summed E-state index contributed by atoms with van der Waals surface area (Å²) in [5.41, 5.74) is 1.99. The molecule has 164 valence electrons. The third-order valence-electron chi connectivity index (χ3n) is 5.24. The van der Waals surface area contributed by atoms with E-state index in [-0.39, 0.29) is 11.8 Å². The second-order valence-corrected chi connectivity index (χ2v) is 7.79. The van der Waals surface area contributed by atoms with Gasteiger partial charge in [-0.15, -0.1) is 0 Å². The maximum absolute atomic E-state index is 12.9. The normalized spacial score (nSPS) is 14.8. The van der Waals surface area contributed by atoms with E-state index in [0.717, 1.165) is 45.0 Å². The highest BCUT2D eigenvalue weighted by Crippen LogP contribution is 2.23. The predicted octanol–water partition coefficient (Wildman–Crippen LogP) is 2.50. The largest absolute Gasteiger partial charge is 0.463 e. The fourth-order valence-corrected chi connectivity index (χ4v) is 3.68. The molecular weight excluding hydrogens is 396 g/mol. The van der Waals surface area contributed by atoms with Crippen LogP contribution in [0.4, 0.5) is 0 Å². The van der Waals surface area contributed by atoms with Crippen LogP contribution in [0.3, 0.4) is 0 Å². The lowest BCUT2D eigenvalue weighted by atomic mass is 10.1. The molecule has 1 N–H and O–H groups in total. The van der Waals surface area contributed by atoms with Gasteiger partial charge in [-0.25, -0.2) is 14.6 Å². The lowest BCUT2D eigenvalue weighted by molar-refractivity contribution is 0.0374. The molecule has 4 rings (SSSR count). The van der Waals surface area contributed by atoms with Crippen molar-refractivity contribution < 1.29 is 13.9 Å². The first kappa shape index (κ1) is 21.2. The number of nitrogens with zero attached hydrogens (tertiary/aromatic N) is 5. The third-order valence-corrected chi connectivity index (χ3v) is 5.24. The number of rotatable bonds is 8. The van der Waals surface area contributed by atoms with Crippen LogP contribution in [0.2, 0.25) is 0 Å². The minimum atomic E-state index is -0.126. The molecule has 0 unspecified atom stereocenters. The van der Waals surface area contributed by atoms with Gasteiger partial charge in [-0.2, -0.15) is 5.10 Å². The van der Waals surface area contributed by atoms with Crippen molar-refractivity contribution in [1.29, 1.82) is 0 Å². The highest BCUT2D eigenvalue weighted by Gasteiger charge is 2.22. The van der Waals surface area contributed by atoms with Gasteiger partial charge < -0.3 is 14.5 Å². The summed E-state index contributed by atoms with van der Waals surface area (Å²) in [6.45, 7) is 9.10. The maximum atomic E-state index is 12.9. The molecule has 4 heterocycles. The topological polar surface area (TPSA) is 98.3 Å². The Morgan fingerprint density at radius 2 is 2.10 bits per heavy atom. The molecule has 31 heavy (non-hydrogen) atoms. The number of hydrogen-bond donors (Lipinski definition) is 1. The van der Waals surface area contributed by atoms with Crippen molar-refractivity contribution in [2.75, 3.05) is 39.4 Å². The van der Waals surface area contributed by atoms with E-state index in [9.17, 15) is 4.79 Å². The SMILES string of the molecule is CC(C)c1c(C(=O)NCCCN2CCOCC2)cnn1-c1nccc(-c2ccco2)n1. The van der Waals surface area contributed by atoms with E-state index in [1.165, 1.54) is 0 Å². The van der Waals surface area contributed by atoms with Crippen LogP contribution >= 0.6 is 0 Å². The summed E-state index contributed by atoms with van der Waals surface area (Å²) in [6.07, 6.45) is 5.75. The summed E-state index contributed by atoms with van der Waals surface area (Å²) in [5.74, 6) is 0.996. The molecule has 9 nitrogen and oxygen atoms in total. The molecule has 9 heteroatoms. The quantitative estimate of drug-likeness (QED) is 0.555. The first-order valence-electron chi connectivity index (χ1n) is 10.7. The molecule has 0 aliphatic carbocycles. The van der Waals surface area contributed by atoms with Crippen molar-refractivity contribution in [3.8, 4) is 17.4 Å². The Morgan fingerprint density at radius 3 is 2.84 bits per heavy atom. The van der Waals surface area contributed by atoms with Crippen LogP contribution in [0.25, 0.3) is 17.4 Å². The predicted molar refractivity (Wildman–Crippen MR) is 115 cm³/mol. The molecule has 0 bridgehead atoms. The van der Waals surface area contributed by atoms with E-state index in [2.05, 4.69) is 25.3 Å². The fourth-order valence-electron chi connectivity index (χ4n) is 3.68. The first-order valence-corrected chi connectivity index (χ1v) is 10.7. The molecular formula is C22H28N6O3. The van der Waals surface area contributed by atoms with Gasteiger partial charge in [0.1, 0.15) is 5.69 Å². The van der Waals surface area contributed by atoms with Gasteiger partial charge in [-0.1, -0.05) is 13.8 Å². The average molecular weight is 425 g/mol. The van der Waals surface area contributed by atoms with E-state index in [4.69, 9.17) is 9.15 Å². The number of morpholine rings is 1. The molecule has 0 radical (unpaired) electrons. The fraction of sp³-hybridized carbons (Fsp3) is 0.455. The summed E-state index contributed by atoms with van der Waals surface area (Å²) in [4.78, 5) is 24.2. The Hall–Kier alpha value is -3.04. The minimum absolute atomic E-state index is 0.0625. The number of ether oxygens (including phenoxy) is 1. The third kappa shape index (κ3) is 5.00. The van der Waals surface area contributed by atoms with Crippen molar-refractivity contribution in [2.45, 2.75) is 26.2 Å². The van der Waals surface area contributed by atoms with E-state index < -0.39 is 0 Å². The van der Waals surface area contributed by atoms with Crippen LogP contribution in [0.1, 0.15) is 42.2 Å². The molecule has 0 spiro atoms. The van der Waals surface area contributed by atoms with Crippen molar-refractivity contribution in [2.24, 2.45) is 0 Å². The molecule has 0 saturated carbocycles. The van der Waals surface area contributed by atoms with Crippen molar-refractivity contribution >= 4 is 5.91 Å². The number of amides is 1. The first-order chi connectivity index (χ1) is 15.1. The monoisotopic (exact) mass is 424 g/mol. The highest BCUT2D eigenvalue weighted by atomic mass is 16.5. The summed E-state index contributed by atoms with van der Waals surface area (Å²) in [6, 6.07) is 5.43. The lowest BCUT2D eigenvalue weighted by Gasteiger charge is -2.26. The summed E-state index contributed by atoms with van der Waals surface area (Å²) >= 11 is 0. The summed E-state index contributed by atoms with van der Waals surface area (Å²) in [7, 11) is 0. The molecule has 0 aromatic carbocycles. The van der Waals surface area contributed by atoms with Crippen LogP contribution in [0.15, 0.2) is 41.3 Å². The van der Waals surface area contributed by atoms with Gasteiger partial charge in [-0.3, -0.25) is 9.69 Å². The van der Waals surface area contributed by atoms with Crippen LogP contribution in [0.5, 0.6) is 0 Å². The second kappa shape index (κ2) is 9.84. The molecule has 1 saturated heterocycles. The van der Waals surface area contributed by atoms with Crippen molar-refractivity contribution in [3.63, 3.8) is 0 Å². The Bertz CT molecular complexity index is 993. The molecule has 3 aromatic heterocycles. The molecule has 1 aliphatic rings. The van der Waals surface area contributed by atoms with Crippen LogP contribution in [0, 0.1) is 0 Å². The lowest BCUT2D eigenvalue weighted by Crippen LogP contribution is -2.38. The average Bonchev–Trinajstić information content (AvgIpc) is 3.48. The van der Waals surface area contributed by atoms with Gasteiger partial charge in [0.25, 0.3) is 11.9 Å². The zero-order valence-electron chi connectivity index (χ0n) is 18.0. The van der Waals surface area contributed by atoms with E-state index in [0.29, 0.717) is 29.5 Å². The number of furan rings is 1. The second-order valence-electron chi connectivity index (χ2n) is 7.79. The molecule has 3 aromatic rings. The Labute approximate surface area is 181 Å². The standard InChI is InChI=1S/C22H28N6O3/c1-16(2)20-17(21(29)23-7-4-9-27-10-13-30-14-11-27)15-25-28(20)22-24-8-6-18(26-22)19-5-3-12-31-19/h3,5-6,8,12,15-16H,4,7,9-11,13-14H2,1-2H3,(H,23,29). The van der Waals surface area contributed by atoms with Crippen molar-refractivity contribution in [3.05, 3.63) is 48.1 Å². The number of hydrogen-bond acceptors (Lipinski definition) is 7. The maximum Gasteiger partial charge on any atom is 0.254 e. The van der Waals surface area contributed by atoms with Gasteiger partial charge in [0.05, 0.1) is 36.9 Å². The number of carbonyl (C=O) groups is 1. The van der Waals surface area contributed by atoms with Crippen LogP contribution in [-0.2, 0) is 4.74 Å². The van der Waals surface area contributed by atoms with Gasteiger partial charge in [0.15, 0.2) is 5.76 Å². The Morgan fingerprint density at radius 1 is 1.26 bits per heavy atom.